The Morgan fingerprint density at radius 2 is 2.50 bits per heavy atom. The molecule has 0 saturated carbocycles. The van der Waals surface area contributed by atoms with Crippen LogP contribution >= 0.6 is 0 Å². The van der Waals surface area contributed by atoms with E-state index in [1.807, 2.05) is 13.0 Å². The van der Waals surface area contributed by atoms with Crippen molar-refractivity contribution in [3.05, 3.63) is 24.3 Å². The summed E-state index contributed by atoms with van der Waals surface area (Å²) in [6.07, 6.45) is 9.45. The van der Waals surface area contributed by atoms with E-state index in [2.05, 4.69) is 12.5 Å². The normalized spacial score (nSPS) is 9.00. The van der Waals surface area contributed by atoms with E-state index in [-0.39, 0.29) is 0 Å². The SMILES string of the molecule is C#CC=CCC(=C)C. The lowest BCUT2D eigenvalue weighted by Crippen LogP contribution is -1.64. The van der Waals surface area contributed by atoms with Crippen LogP contribution in [0.25, 0.3) is 0 Å². The van der Waals surface area contributed by atoms with Crippen molar-refractivity contribution in [3.63, 3.8) is 0 Å². The molecule has 0 aromatic heterocycles. The van der Waals surface area contributed by atoms with Crippen LogP contribution in [0.5, 0.6) is 0 Å². The number of rotatable bonds is 2. The van der Waals surface area contributed by atoms with Gasteiger partial charge >= 0.3 is 0 Å². The molecule has 0 aliphatic heterocycles. The second-order valence-corrected chi connectivity index (χ2v) is 1.73. The van der Waals surface area contributed by atoms with E-state index in [9.17, 15) is 0 Å². The van der Waals surface area contributed by atoms with Crippen LogP contribution in [0.4, 0.5) is 0 Å². The molecule has 0 saturated heterocycles. The van der Waals surface area contributed by atoms with E-state index in [4.69, 9.17) is 6.42 Å². The van der Waals surface area contributed by atoms with E-state index in [1.165, 1.54) is 0 Å². The van der Waals surface area contributed by atoms with Gasteiger partial charge in [-0.15, -0.1) is 6.42 Å². The van der Waals surface area contributed by atoms with Crippen molar-refractivity contribution in [1.82, 2.24) is 0 Å². The lowest BCUT2D eigenvalue weighted by Gasteiger charge is -1.84. The molecule has 42 valence electrons. The number of hydrogen-bond acceptors (Lipinski definition) is 0. The smallest absolute Gasteiger partial charge is 0.0135 e. The van der Waals surface area contributed by atoms with Crippen molar-refractivity contribution in [2.24, 2.45) is 0 Å². The van der Waals surface area contributed by atoms with Gasteiger partial charge in [0.25, 0.3) is 0 Å². The zero-order chi connectivity index (χ0) is 6.41. The maximum absolute atomic E-state index is 4.95. The average molecular weight is 106 g/mol. The first kappa shape index (κ1) is 7.04. The summed E-state index contributed by atoms with van der Waals surface area (Å²) in [7, 11) is 0. The highest BCUT2D eigenvalue weighted by atomic mass is 13.8. The van der Waals surface area contributed by atoms with Crippen LogP contribution in [0.1, 0.15) is 13.3 Å². The molecule has 0 bridgehead atoms. The first-order valence-corrected chi connectivity index (χ1v) is 2.53. The van der Waals surface area contributed by atoms with Gasteiger partial charge in [0.05, 0.1) is 0 Å². The lowest BCUT2D eigenvalue weighted by atomic mass is 10.2. The number of hydrogen-bond donors (Lipinski definition) is 0. The molecular weight excluding hydrogens is 96.1 g/mol. The summed E-state index contributed by atoms with van der Waals surface area (Å²) < 4.78 is 0. The molecule has 0 unspecified atom stereocenters. The number of terminal acetylenes is 1. The van der Waals surface area contributed by atoms with E-state index in [1.54, 1.807) is 6.08 Å². The molecule has 0 rings (SSSR count). The number of allylic oxidation sites excluding steroid dienone is 3. The molecule has 0 aliphatic rings. The zero-order valence-electron chi connectivity index (χ0n) is 5.15. The quantitative estimate of drug-likeness (QED) is 0.373. The predicted molar refractivity (Wildman–Crippen MR) is 37.4 cm³/mol. The molecule has 0 amide bonds. The fraction of sp³-hybridized carbons (Fsp3) is 0.250. The van der Waals surface area contributed by atoms with Crippen LogP contribution in [-0.2, 0) is 0 Å². The van der Waals surface area contributed by atoms with Gasteiger partial charge in [0, 0.05) is 0 Å². The second kappa shape index (κ2) is 4.21. The summed E-state index contributed by atoms with van der Waals surface area (Å²) in [6, 6.07) is 0. The van der Waals surface area contributed by atoms with Crippen LogP contribution < -0.4 is 0 Å². The Bertz CT molecular complexity index is 133. The van der Waals surface area contributed by atoms with Gasteiger partial charge in [-0.05, 0) is 19.4 Å². The van der Waals surface area contributed by atoms with Crippen molar-refractivity contribution in [3.8, 4) is 12.3 Å². The molecule has 8 heavy (non-hydrogen) atoms. The van der Waals surface area contributed by atoms with Gasteiger partial charge in [-0.2, -0.15) is 0 Å². The molecule has 0 aromatic carbocycles. The minimum absolute atomic E-state index is 0.893. The van der Waals surface area contributed by atoms with Crippen LogP contribution in [0.3, 0.4) is 0 Å². The molecule has 0 atom stereocenters. The lowest BCUT2D eigenvalue weighted by molar-refractivity contribution is 1.23. The molecule has 0 aromatic rings. The van der Waals surface area contributed by atoms with Crippen LogP contribution in [0.2, 0.25) is 0 Å². The summed E-state index contributed by atoms with van der Waals surface area (Å²) in [5.74, 6) is 2.40. The topological polar surface area (TPSA) is 0 Å². The zero-order valence-corrected chi connectivity index (χ0v) is 5.15. The second-order valence-electron chi connectivity index (χ2n) is 1.73. The van der Waals surface area contributed by atoms with Crippen molar-refractivity contribution in [2.45, 2.75) is 13.3 Å². The third kappa shape index (κ3) is 5.04. The Balaban J connectivity index is 3.34. The highest BCUT2D eigenvalue weighted by molar-refractivity contribution is 5.11. The van der Waals surface area contributed by atoms with E-state index in [0.29, 0.717) is 0 Å². The summed E-state index contributed by atoms with van der Waals surface area (Å²) >= 11 is 0. The standard InChI is InChI=1S/C8H10/c1-4-5-6-7-8(2)3/h1,5-6H,2,7H2,3H3. The average Bonchev–Trinajstić information content (AvgIpc) is 1.66. The van der Waals surface area contributed by atoms with Gasteiger partial charge in [-0.1, -0.05) is 24.1 Å². The maximum Gasteiger partial charge on any atom is -0.0135 e. The molecule has 0 fully saturated rings. The molecule has 0 heteroatoms. The molecule has 0 N–H and O–H groups in total. The molecule has 0 heterocycles. The molecule has 0 aliphatic carbocycles. The van der Waals surface area contributed by atoms with Crippen LogP contribution in [-0.4, -0.2) is 0 Å². The Kier molecular flexibility index (Phi) is 3.70. The molecule has 0 radical (unpaired) electrons. The van der Waals surface area contributed by atoms with E-state index in [0.717, 1.165) is 12.0 Å². The largest absolute Gasteiger partial charge is 0.115 e. The molecule has 0 spiro atoms. The summed E-state index contributed by atoms with van der Waals surface area (Å²) in [4.78, 5) is 0. The third-order valence-corrected chi connectivity index (χ3v) is 0.680. The predicted octanol–water partition coefficient (Wildman–Crippen LogP) is 2.14. The fourth-order valence-electron chi connectivity index (χ4n) is 0.328. The molecular formula is C8H10. The van der Waals surface area contributed by atoms with Crippen molar-refractivity contribution in [2.75, 3.05) is 0 Å². The first-order valence-electron chi connectivity index (χ1n) is 2.53. The summed E-state index contributed by atoms with van der Waals surface area (Å²) in [5, 5.41) is 0. The fourth-order valence-corrected chi connectivity index (χ4v) is 0.328. The summed E-state index contributed by atoms with van der Waals surface area (Å²) in [5.41, 5.74) is 1.14. The Morgan fingerprint density at radius 3 is 2.88 bits per heavy atom. The van der Waals surface area contributed by atoms with E-state index < -0.39 is 0 Å². The van der Waals surface area contributed by atoms with Crippen molar-refractivity contribution >= 4 is 0 Å². The van der Waals surface area contributed by atoms with E-state index >= 15 is 0 Å². The minimum atomic E-state index is 0.893. The van der Waals surface area contributed by atoms with Gasteiger partial charge in [-0.25, -0.2) is 0 Å². The van der Waals surface area contributed by atoms with Crippen molar-refractivity contribution < 1.29 is 0 Å². The van der Waals surface area contributed by atoms with Gasteiger partial charge in [-0.3, -0.25) is 0 Å². The van der Waals surface area contributed by atoms with Gasteiger partial charge in [0.2, 0.25) is 0 Å². The van der Waals surface area contributed by atoms with Gasteiger partial charge in [0.15, 0.2) is 0 Å². The minimum Gasteiger partial charge on any atom is -0.115 e. The first-order chi connectivity index (χ1) is 3.77. The Hall–Kier alpha value is -0.960. The maximum atomic E-state index is 4.95. The molecule has 0 nitrogen and oxygen atoms in total. The Morgan fingerprint density at radius 1 is 1.88 bits per heavy atom. The summed E-state index contributed by atoms with van der Waals surface area (Å²) in [6.45, 7) is 5.68. The highest BCUT2D eigenvalue weighted by Crippen LogP contribution is 1.94. The highest BCUT2D eigenvalue weighted by Gasteiger charge is 1.74. The van der Waals surface area contributed by atoms with Crippen LogP contribution in [0.15, 0.2) is 24.3 Å². The van der Waals surface area contributed by atoms with Gasteiger partial charge < -0.3 is 0 Å². The van der Waals surface area contributed by atoms with Gasteiger partial charge in [0.1, 0.15) is 0 Å². The third-order valence-electron chi connectivity index (χ3n) is 0.680. The van der Waals surface area contributed by atoms with Crippen molar-refractivity contribution in [1.29, 1.82) is 0 Å². The van der Waals surface area contributed by atoms with Crippen LogP contribution in [0, 0.1) is 12.3 Å². The Labute approximate surface area is 50.9 Å². The monoisotopic (exact) mass is 106 g/mol.